The van der Waals surface area contributed by atoms with Crippen LogP contribution in [0.4, 0.5) is 8.78 Å². The van der Waals surface area contributed by atoms with Gasteiger partial charge in [0.05, 0.1) is 0 Å². The second-order valence-electron chi connectivity index (χ2n) is 7.34. The maximum Gasteiger partial charge on any atom is 0.257 e. The SMILES string of the molecule is CC(C)C(NC(=O)c1c(F)cccc1F)C(=O)N1CCCC(C(C)N)C1. The summed E-state index contributed by atoms with van der Waals surface area (Å²) in [4.78, 5) is 27.0. The number of amides is 2. The zero-order chi connectivity index (χ0) is 19.4. The quantitative estimate of drug-likeness (QED) is 0.839. The zero-order valence-corrected chi connectivity index (χ0v) is 15.5. The Hall–Kier alpha value is -2.02. The average Bonchev–Trinajstić information content (AvgIpc) is 2.58. The van der Waals surface area contributed by atoms with Crippen LogP contribution < -0.4 is 11.1 Å². The molecule has 0 aromatic heterocycles. The van der Waals surface area contributed by atoms with Crippen molar-refractivity contribution in [1.29, 1.82) is 0 Å². The van der Waals surface area contributed by atoms with Crippen LogP contribution in [0.25, 0.3) is 0 Å². The third kappa shape index (κ3) is 4.58. The van der Waals surface area contributed by atoms with Gasteiger partial charge in [-0.05, 0) is 43.7 Å². The topological polar surface area (TPSA) is 75.4 Å². The zero-order valence-electron chi connectivity index (χ0n) is 15.5. The summed E-state index contributed by atoms with van der Waals surface area (Å²) in [7, 11) is 0. The third-order valence-electron chi connectivity index (χ3n) is 4.92. The largest absolute Gasteiger partial charge is 0.341 e. The first-order valence-corrected chi connectivity index (χ1v) is 9.01. The number of halogens is 2. The fourth-order valence-corrected chi connectivity index (χ4v) is 3.28. The molecule has 1 aromatic rings. The number of nitrogens with two attached hydrogens (primary N) is 1. The van der Waals surface area contributed by atoms with E-state index in [0.29, 0.717) is 13.1 Å². The smallest absolute Gasteiger partial charge is 0.257 e. The van der Waals surface area contributed by atoms with E-state index in [4.69, 9.17) is 5.73 Å². The Labute approximate surface area is 152 Å². The van der Waals surface area contributed by atoms with Gasteiger partial charge in [-0.15, -0.1) is 0 Å². The average molecular weight is 367 g/mol. The molecule has 0 bridgehead atoms. The fourth-order valence-electron chi connectivity index (χ4n) is 3.28. The molecule has 0 spiro atoms. The minimum atomic E-state index is -0.951. The van der Waals surface area contributed by atoms with E-state index in [-0.39, 0.29) is 23.8 Å². The summed E-state index contributed by atoms with van der Waals surface area (Å²) in [5, 5.41) is 2.51. The molecule has 26 heavy (non-hydrogen) atoms. The lowest BCUT2D eigenvalue weighted by atomic mass is 9.91. The van der Waals surface area contributed by atoms with E-state index in [2.05, 4.69) is 5.32 Å². The second-order valence-corrected chi connectivity index (χ2v) is 7.34. The highest BCUT2D eigenvalue weighted by Gasteiger charge is 2.33. The third-order valence-corrected chi connectivity index (χ3v) is 4.92. The van der Waals surface area contributed by atoms with Gasteiger partial charge in [-0.3, -0.25) is 9.59 Å². The van der Waals surface area contributed by atoms with Crippen molar-refractivity contribution in [1.82, 2.24) is 10.2 Å². The Balaban J connectivity index is 2.15. The van der Waals surface area contributed by atoms with Crippen LogP contribution in [-0.4, -0.2) is 41.9 Å². The summed E-state index contributed by atoms with van der Waals surface area (Å²) < 4.78 is 27.7. The predicted molar refractivity (Wildman–Crippen MR) is 95.4 cm³/mol. The molecule has 1 aliphatic rings. The van der Waals surface area contributed by atoms with Gasteiger partial charge >= 0.3 is 0 Å². The summed E-state index contributed by atoms with van der Waals surface area (Å²) in [5.74, 6) is -3.08. The lowest BCUT2D eigenvalue weighted by Gasteiger charge is -2.37. The molecule has 0 radical (unpaired) electrons. The van der Waals surface area contributed by atoms with Crippen LogP contribution in [0.1, 0.15) is 44.0 Å². The number of nitrogens with one attached hydrogen (secondary N) is 1. The van der Waals surface area contributed by atoms with E-state index in [1.54, 1.807) is 18.7 Å². The molecule has 1 aliphatic heterocycles. The Morgan fingerprint density at radius 1 is 1.23 bits per heavy atom. The van der Waals surface area contributed by atoms with Gasteiger partial charge in [0.1, 0.15) is 23.2 Å². The molecule has 3 atom stereocenters. The van der Waals surface area contributed by atoms with Crippen LogP contribution >= 0.6 is 0 Å². The molecule has 3 unspecified atom stereocenters. The Morgan fingerprint density at radius 2 is 1.85 bits per heavy atom. The number of hydrogen-bond donors (Lipinski definition) is 2. The molecule has 1 saturated heterocycles. The van der Waals surface area contributed by atoms with E-state index >= 15 is 0 Å². The summed E-state index contributed by atoms with van der Waals surface area (Å²) in [6.07, 6.45) is 1.80. The summed E-state index contributed by atoms with van der Waals surface area (Å²) in [5.41, 5.74) is 5.30. The first-order chi connectivity index (χ1) is 12.2. The minimum absolute atomic E-state index is 0.0230. The van der Waals surface area contributed by atoms with Crippen LogP contribution in [0.15, 0.2) is 18.2 Å². The number of benzene rings is 1. The lowest BCUT2D eigenvalue weighted by Crippen LogP contribution is -2.54. The molecule has 1 fully saturated rings. The Kier molecular flexibility index (Phi) is 6.69. The van der Waals surface area contributed by atoms with E-state index < -0.39 is 29.1 Å². The molecule has 144 valence electrons. The summed E-state index contributed by atoms with van der Waals surface area (Å²) in [6.45, 7) is 6.61. The molecule has 2 amide bonds. The van der Waals surface area contributed by atoms with Crippen molar-refractivity contribution in [3.8, 4) is 0 Å². The number of piperidine rings is 1. The molecule has 1 heterocycles. The van der Waals surface area contributed by atoms with E-state index in [0.717, 1.165) is 25.0 Å². The van der Waals surface area contributed by atoms with Gasteiger partial charge in [-0.2, -0.15) is 0 Å². The van der Waals surface area contributed by atoms with Crippen molar-refractivity contribution < 1.29 is 18.4 Å². The second kappa shape index (κ2) is 8.58. The van der Waals surface area contributed by atoms with Crippen LogP contribution in [-0.2, 0) is 4.79 Å². The van der Waals surface area contributed by atoms with Crippen molar-refractivity contribution in [2.45, 2.75) is 45.7 Å². The maximum atomic E-state index is 13.8. The number of carbonyl (C=O) groups excluding carboxylic acids is 2. The van der Waals surface area contributed by atoms with Gasteiger partial charge in [0.15, 0.2) is 0 Å². The molecule has 0 aliphatic carbocycles. The van der Waals surface area contributed by atoms with Crippen molar-refractivity contribution >= 4 is 11.8 Å². The van der Waals surface area contributed by atoms with Gasteiger partial charge < -0.3 is 16.0 Å². The first kappa shape index (κ1) is 20.3. The highest BCUT2D eigenvalue weighted by molar-refractivity contribution is 5.98. The fraction of sp³-hybridized carbons (Fsp3) is 0.579. The molecule has 1 aromatic carbocycles. The van der Waals surface area contributed by atoms with Crippen LogP contribution in [0.3, 0.4) is 0 Å². The number of likely N-dealkylation sites (tertiary alicyclic amines) is 1. The summed E-state index contributed by atoms with van der Waals surface area (Å²) >= 11 is 0. The van der Waals surface area contributed by atoms with Gasteiger partial charge in [-0.1, -0.05) is 19.9 Å². The van der Waals surface area contributed by atoms with Crippen molar-refractivity contribution in [2.75, 3.05) is 13.1 Å². The highest BCUT2D eigenvalue weighted by Crippen LogP contribution is 2.21. The number of hydrogen-bond acceptors (Lipinski definition) is 3. The first-order valence-electron chi connectivity index (χ1n) is 9.01. The van der Waals surface area contributed by atoms with E-state index in [1.165, 1.54) is 6.07 Å². The Bertz CT molecular complexity index is 644. The standard InChI is InChI=1S/C19H27F2N3O2/c1-11(2)17(19(26)24-9-5-6-13(10-24)12(3)22)23-18(25)16-14(20)7-4-8-15(16)21/h4,7-8,11-13,17H,5-6,9-10,22H2,1-3H3,(H,23,25). The highest BCUT2D eigenvalue weighted by atomic mass is 19.1. The van der Waals surface area contributed by atoms with Crippen LogP contribution in [0.2, 0.25) is 0 Å². The molecule has 2 rings (SSSR count). The minimum Gasteiger partial charge on any atom is -0.341 e. The lowest BCUT2D eigenvalue weighted by molar-refractivity contribution is -0.136. The molecule has 5 nitrogen and oxygen atoms in total. The molecular weight excluding hydrogens is 340 g/mol. The van der Waals surface area contributed by atoms with Crippen LogP contribution in [0.5, 0.6) is 0 Å². The van der Waals surface area contributed by atoms with Gasteiger partial charge in [0.25, 0.3) is 5.91 Å². The van der Waals surface area contributed by atoms with E-state index in [9.17, 15) is 18.4 Å². The maximum absolute atomic E-state index is 13.8. The normalized spacial score (nSPS) is 20.0. The Morgan fingerprint density at radius 3 is 2.38 bits per heavy atom. The van der Waals surface area contributed by atoms with Crippen molar-refractivity contribution in [3.05, 3.63) is 35.4 Å². The van der Waals surface area contributed by atoms with Crippen LogP contribution in [0, 0.1) is 23.5 Å². The predicted octanol–water partition coefficient (Wildman–Crippen LogP) is 2.31. The van der Waals surface area contributed by atoms with Gasteiger partial charge in [0, 0.05) is 19.1 Å². The van der Waals surface area contributed by atoms with E-state index in [1.807, 2.05) is 6.92 Å². The monoisotopic (exact) mass is 367 g/mol. The number of rotatable bonds is 5. The molecule has 3 N–H and O–H groups in total. The van der Waals surface area contributed by atoms with Crippen molar-refractivity contribution in [3.63, 3.8) is 0 Å². The number of nitrogens with zero attached hydrogens (tertiary/aromatic N) is 1. The molecule has 0 saturated carbocycles. The van der Waals surface area contributed by atoms with Crippen molar-refractivity contribution in [2.24, 2.45) is 17.6 Å². The molecule has 7 heteroatoms. The van der Waals surface area contributed by atoms with Gasteiger partial charge in [-0.25, -0.2) is 8.78 Å². The molecular formula is C19H27F2N3O2. The summed E-state index contributed by atoms with van der Waals surface area (Å²) in [6, 6.07) is 2.34. The van der Waals surface area contributed by atoms with Gasteiger partial charge in [0.2, 0.25) is 5.91 Å². The number of carbonyl (C=O) groups is 2.